The zero-order chi connectivity index (χ0) is 20.2. The van der Waals surface area contributed by atoms with E-state index in [1.165, 1.54) is 0 Å². The van der Waals surface area contributed by atoms with Crippen LogP contribution in [0.5, 0.6) is 0 Å². The Morgan fingerprint density at radius 3 is 1.10 bits per heavy atom. The summed E-state index contributed by atoms with van der Waals surface area (Å²) < 4.78 is 0. The van der Waals surface area contributed by atoms with E-state index in [-0.39, 0.29) is 0 Å². The van der Waals surface area contributed by atoms with E-state index in [4.69, 9.17) is 0 Å². The molecule has 3 heterocycles. The molecule has 142 valence electrons. The van der Waals surface area contributed by atoms with Crippen LogP contribution in [-0.2, 0) is 0 Å². The molecule has 0 unspecified atom stereocenters. The molecule has 30 heavy (non-hydrogen) atoms. The molecule has 0 aliphatic heterocycles. The fraction of sp³-hybridized carbons (Fsp3) is 0. The van der Waals surface area contributed by atoms with E-state index in [0.29, 0.717) is 0 Å². The lowest BCUT2D eigenvalue weighted by Crippen LogP contribution is -1.88. The van der Waals surface area contributed by atoms with Gasteiger partial charge < -0.3 is 0 Å². The highest BCUT2D eigenvalue weighted by molar-refractivity contribution is 5.82. The molecule has 3 nitrogen and oxygen atoms in total. The molecular weight excluding hydrogens is 366 g/mol. The Bertz CT molecular complexity index is 1210. The Labute approximate surface area is 175 Å². The van der Waals surface area contributed by atoms with E-state index >= 15 is 0 Å². The van der Waals surface area contributed by atoms with Gasteiger partial charge in [0.05, 0.1) is 0 Å². The Kier molecular flexibility index (Phi) is 4.84. The van der Waals surface area contributed by atoms with Crippen molar-refractivity contribution >= 4 is 0 Å². The lowest BCUT2D eigenvalue weighted by atomic mass is 9.93. The molecule has 0 aliphatic rings. The van der Waals surface area contributed by atoms with Crippen LogP contribution in [0.2, 0.25) is 0 Å². The molecule has 0 amide bonds. The first-order valence-electron chi connectivity index (χ1n) is 9.83. The fourth-order valence-corrected chi connectivity index (χ4v) is 3.61. The molecular formula is C27H19N3. The average molecular weight is 385 g/mol. The molecule has 0 saturated heterocycles. The second kappa shape index (κ2) is 8.10. The zero-order valence-corrected chi connectivity index (χ0v) is 16.3. The molecule has 0 saturated carbocycles. The number of nitrogens with zero attached hydrogens (tertiary/aromatic N) is 3. The Hall–Kier alpha value is -4.11. The zero-order valence-electron chi connectivity index (χ0n) is 16.3. The first-order valence-corrected chi connectivity index (χ1v) is 9.83. The summed E-state index contributed by atoms with van der Waals surface area (Å²) in [7, 11) is 0. The lowest BCUT2D eigenvalue weighted by Gasteiger charge is -2.12. The van der Waals surface area contributed by atoms with Crippen molar-refractivity contribution in [1.82, 2.24) is 15.0 Å². The van der Waals surface area contributed by atoms with E-state index in [2.05, 4.69) is 75.6 Å². The van der Waals surface area contributed by atoms with Crippen LogP contribution >= 0.6 is 0 Å². The van der Waals surface area contributed by atoms with Gasteiger partial charge in [-0.05, 0) is 70.3 Å². The molecule has 2 aromatic carbocycles. The number of benzene rings is 2. The van der Waals surface area contributed by atoms with Crippen LogP contribution in [0.1, 0.15) is 0 Å². The van der Waals surface area contributed by atoms with Gasteiger partial charge >= 0.3 is 0 Å². The quantitative estimate of drug-likeness (QED) is 0.352. The standard InChI is InChI=1S/C27H19N3/c1-5-20(22-7-2-10-28-17-22)13-21(6-1)25-14-26(23-8-3-11-29-18-23)16-27(15-25)24-9-4-12-30-19-24/h1-19H. The number of aromatic nitrogens is 3. The lowest BCUT2D eigenvalue weighted by molar-refractivity contribution is 1.32. The third-order valence-corrected chi connectivity index (χ3v) is 5.11. The first-order chi connectivity index (χ1) is 14.9. The Morgan fingerprint density at radius 1 is 0.333 bits per heavy atom. The van der Waals surface area contributed by atoms with Gasteiger partial charge in [-0.1, -0.05) is 36.4 Å². The molecule has 3 heteroatoms. The molecule has 0 bridgehead atoms. The van der Waals surface area contributed by atoms with Crippen LogP contribution in [0.25, 0.3) is 44.5 Å². The van der Waals surface area contributed by atoms with E-state index < -0.39 is 0 Å². The third kappa shape index (κ3) is 3.74. The molecule has 5 aromatic rings. The van der Waals surface area contributed by atoms with E-state index in [1.807, 2.05) is 36.8 Å². The van der Waals surface area contributed by atoms with Crippen molar-refractivity contribution in [3.8, 4) is 44.5 Å². The minimum atomic E-state index is 1.09. The summed E-state index contributed by atoms with van der Waals surface area (Å²) >= 11 is 0. The summed E-state index contributed by atoms with van der Waals surface area (Å²) in [6.07, 6.45) is 11.1. The smallest absolute Gasteiger partial charge is 0.0346 e. The van der Waals surface area contributed by atoms with Gasteiger partial charge in [-0.2, -0.15) is 0 Å². The van der Waals surface area contributed by atoms with Gasteiger partial charge in [-0.25, -0.2) is 0 Å². The topological polar surface area (TPSA) is 38.7 Å². The summed E-state index contributed by atoms with van der Waals surface area (Å²) in [5.41, 5.74) is 9.01. The van der Waals surface area contributed by atoms with E-state index in [9.17, 15) is 0 Å². The van der Waals surface area contributed by atoms with Crippen LogP contribution in [-0.4, -0.2) is 15.0 Å². The van der Waals surface area contributed by atoms with Crippen molar-refractivity contribution < 1.29 is 0 Å². The molecule has 0 radical (unpaired) electrons. The molecule has 0 aliphatic carbocycles. The van der Waals surface area contributed by atoms with Gasteiger partial charge in [0.25, 0.3) is 0 Å². The number of hydrogen-bond donors (Lipinski definition) is 0. The SMILES string of the molecule is c1cncc(-c2cccc(-c3cc(-c4cccnc4)cc(-c4cccnc4)c3)c2)c1. The normalized spacial score (nSPS) is 10.7. The van der Waals surface area contributed by atoms with Gasteiger partial charge in [0.2, 0.25) is 0 Å². The van der Waals surface area contributed by atoms with Crippen molar-refractivity contribution in [2.45, 2.75) is 0 Å². The summed E-state index contributed by atoms with van der Waals surface area (Å²) in [4.78, 5) is 12.9. The minimum Gasteiger partial charge on any atom is -0.264 e. The molecule has 3 aromatic heterocycles. The highest BCUT2D eigenvalue weighted by Crippen LogP contribution is 2.33. The van der Waals surface area contributed by atoms with E-state index in [1.54, 1.807) is 18.6 Å². The van der Waals surface area contributed by atoms with E-state index in [0.717, 1.165) is 44.5 Å². The Balaban J connectivity index is 1.67. The van der Waals surface area contributed by atoms with Gasteiger partial charge in [0.1, 0.15) is 0 Å². The molecule has 0 atom stereocenters. The maximum atomic E-state index is 4.30. The predicted molar refractivity (Wildman–Crippen MR) is 122 cm³/mol. The largest absolute Gasteiger partial charge is 0.264 e. The fourth-order valence-electron chi connectivity index (χ4n) is 3.61. The molecule has 0 spiro atoms. The first kappa shape index (κ1) is 18.0. The van der Waals surface area contributed by atoms with Crippen molar-refractivity contribution in [1.29, 1.82) is 0 Å². The Morgan fingerprint density at radius 2 is 0.667 bits per heavy atom. The highest BCUT2D eigenvalue weighted by Gasteiger charge is 2.09. The van der Waals surface area contributed by atoms with Crippen LogP contribution in [0.4, 0.5) is 0 Å². The molecule has 0 N–H and O–H groups in total. The monoisotopic (exact) mass is 385 g/mol. The van der Waals surface area contributed by atoms with Crippen LogP contribution < -0.4 is 0 Å². The summed E-state index contributed by atoms with van der Waals surface area (Å²) in [6.45, 7) is 0. The van der Waals surface area contributed by atoms with Crippen LogP contribution in [0.15, 0.2) is 116 Å². The van der Waals surface area contributed by atoms with Crippen molar-refractivity contribution in [3.63, 3.8) is 0 Å². The summed E-state index contributed by atoms with van der Waals surface area (Å²) in [6, 6.07) is 27.4. The number of hydrogen-bond acceptors (Lipinski definition) is 3. The van der Waals surface area contributed by atoms with Gasteiger partial charge in [-0.3, -0.25) is 15.0 Å². The highest BCUT2D eigenvalue weighted by atomic mass is 14.6. The van der Waals surface area contributed by atoms with Gasteiger partial charge in [0, 0.05) is 53.9 Å². The van der Waals surface area contributed by atoms with Crippen molar-refractivity contribution in [3.05, 3.63) is 116 Å². The summed E-state index contributed by atoms with van der Waals surface area (Å²) in [5, 5.41) is 0. The van der Waals surface area contributed by atoms with Crippen LogP contribution in [0.3, 0.4) is 0 Å². The average Bonchev–Trinajstić information content (AvgIpc) is 2.85. The number of rotatable bonds is 4. The number of pyridine rings is 3. The molecule has 0 fully saturated rings. The third-order valence-electron chi connectivity index (χ3n) is 5.11. The second-order valence-electron chi connectivity index (χ2n) is 7.10. The van der Waals surface area contributed by atoms with Crippen LogP contribution in [0, 0.1) is 0 Å². The summed E-state index contributed by atoms with van der Waals surface area (Å²) in [5.74, 6) is 0. The van der Waals surface area contributed by atoms with Crippen molar-refractivity contribution in [2.75, 3.05) is 0 Å². The minimum absolute atomic E-state index is 1.09. The predicted octanol–water partition coefficient (Wildman–Crippen LogP) is 6.54. The maximum absolute atomic E-state index is 4.30. The van der Waals surface area contributed by atoms with Crippen molar-refractivity contribution in [2.24, 2.45) is 0 Å². The molecule has 5 rings (SSSR count). The second-order valence-corrected chi connectivity index (χ2v) is 7.10. The van der Waals surface area contributed by atoms with Gasteiger partial charge in [-0.15, -0.1) is 0 Å². The van der Waals surface area contributed by atoms with Gasteiger partial charge in [0.15, 0.2) is 0 Å². The maximum Gasteiger partial charge on any atom is 0.0346 e.